The maximum Gasteiger partial charge on any atom is 0.261 e. The summed E-state index contributed by atoms with van der Waals surface area (Å²) in [6.45, 7) is 1.37. The maximum absolute atomic E-state index is 12.9. The molecule has 0 aliphatic carbocycles. The molecule has 4 amide bonds. The lowest BCUT2D eigenvalue weighted by molar-refractivity contribution is 0.0652. The van der Waals surface area contributed by atoms with Crippen LogP contribution in [0.2, 0.25) is 0 Å². The van der Waals surface area contributed by atoms with Crippen LogP contribution in [0, 0.1) is 0 Å². The number of benzene rings is 2. The van der Waals surface area contributed by atoms with Crippen molar-refractivity contribution in [1.82, 2.24) is 20.1 Å². The summed E-state index contributed by atoms with van der Waals surface area (Å²) in [6, 6.07) is 17.6. The van der Waals surface area contributed by atoms with E-state index in [0.29, 0.717) is 49.0 Å². The van der Waals surface area contributed by atoms with Gasteiger partial charge in [0.25, 0.3) is 23.6 Å². The van der Waals surface area contributed by atoms with Crippen molar-refractivity contribution in [3.63, 3.8) is 0 Å². The van der Waals surface area contributed by atoms with Gasteiger partial charge in [0.2, 0.25) is 0 Å². The molecule has 1 fully saturated rings. The zero-order chi connectivity index (χ0) is 25.1. The van der Waals surface area contributed by atoms with Crippen LogP contribution in [0.4, 0.5) is 0 Å². The molecular weight excluding hydrogens is 456 g/mol. The van der Waals surface area contributed by atoms with E-state index in [0.717, 1.165) is 5.56 Å². The van der Waals surface area contributed by atoms with E-state index in [1.54, 1.807) is 41.6 Å². The van der Waals surface area contributed by atoms with E-state index in [1.807, 2.05) is 30.3 Å². The molecular formula is C28H26N4O4. The number of fused-ring (bicyclic) bond motifs is 1. The molecule has 0 bridgehead atoms. The average molecular weight is 483 g/mol. The minimum atomic E-state index is -0.372. The molecule has 3 aromatic rings. The molecule has 0 spiro atoms. The normalized spacial score (nSPS) is 15.7. The standard InChI is InChI=1S/C28H26N4O4/c33-25(30-22-11-15-31(16-12-22)26(34)20-8-13-29-14-9-20)21-6-7-23-24(18-21)28(36)32(27(23)35)17-10-19-4-2-1-3-5-19/h1-9,13-14,18,22H,10-12,15-17H2,(H,30,33). The molecule has 0 unspecified atom stereocenters. The van der Waals surface area contributed by atoms with Crippen LogP contribution in [0.5, 0.6) is 0 Å². The molecule has 182 valence electrons. The van der Waals surface area contributed by atoms with Crippen molar-refractivity contribution in [3.8, 4) is 0 Å². The summed E-state index contributed by atoms with van der Waals surface area (Å²) in [5.41, 5.74) is 2.58. The number of carbonyl (C=O) groups is 4. The number of nitrogens with one attached hydrogen (secondary N) is 1. The Balaban J connectivity index is 1.18. The quantitative estimate of drug-likeness (QED) is 0.545. The summed E-state index contributed by atoms with van der Waals surface area (Å²) in [4.78, 5) is 58.2. The van der Waals surface area contributed by atoms with Gasteiger partial charge < -0.3 is 10.2 Å². The van der Waals surface area contributed by atoms with Crippen LogP contribution in [0.25, 0.3) is 0 Å². The molecule has 1 N–H and O–H groups in total. The predicted octanol–water partition coefficient (Wildman–Crippen LogP) is 2.95. The molecule has 1 aromatic heterocycles. The van der Waals surface area contributed by atoms with Crippen LogP contribution in [0.15, 0.2) is 73.1 Å². The Kier molecular flexibility index (Phi) is 6.58. The first-order chi connectivity index (χ1) is 17.5. The lowest BCUT2D eigenvalue weighted by Gasteiger charge is -2.32. The van der Waals surface area contributed by atoms with Gasteiger partial charge in [0.1, 0.15) is 0 Å². The van der Waals surface area contributed by atoms with E-state index in [1.165, 1.54) is 11.0 Å². The monoisotopic (exact) mass is 482 g/mol. The van der Waals surface area contributed by atoms with E-state index in [2.05, 4.69) is 10.3 Å². The highest BCUT2D eigenvalue weighted by Gasteiger charge is 2.36. The first-order valence-electron chi connectivity index (χ1n) is 12.1. The number of hydrogen-bond acceptors (Lipinski definition) is 5. The predicted molar refractivity (Wildman–Crippen MR) is 133 cm³/mol. The van der Waals surface area contributed by atoms with E-state index >= 15 is 0 Å². The van der Waals surface area contributed by atoms with Crippen LogP contribution in [-0.2, 0) is 6.42 Å². The molecule has 2 aliphatic rings. The van der Waals surface area contributed by atoms with Crippen molar-refractivity contribution in [2.75, 3.05) is 19.6 Å². The number of hydrogen-bond donors (Lipinski definition) is 1. The van der Waals surface area contributed by atoms with Gasteiger partial charge in [0, 0.05) is 49.2 Å². The minimum Gasteiger partial charge on any atom is -0.349 e. The Bertz CT molecular complexity index is 1300. The third-order valence-corrected chi connectivity index (χ3v) is 6.74. The topological polar surface area (TPSA) is 99.7 Å². The van der Waals surface area contributed by atoms with E-state index in [4.69, 9.17) is 0 Å². The number of rotatable bonds is 6. The molecule has 8 heteroatoms. The number of likely N-dealkylation sites (tertiary alicyclic amines) is 1. The van der Waals surface area contributed by atoms with Crippen LogP contribution in [0.3, 0.4) is 0 Å². The lowest BCUT2D eigenvalue weighted by atomic mass is 10.0. The number of imide groups is 1. The Morgan fingerprint density at radius 2 is 1.56 bits per heavy atom. The Labute approximate surface area is 208 Å². The molecule has 36 heavy (non-hydrogen) atoms. The average Bonchev–Trinajstić information content (AvgIpc) is 3.17. The van der Waals surface area contributed by atoms with Gasteiger partial charge in [0.15, 0.2) is 0 Å². The number of nitrogens with zero attached hydrogens (tertiary/aromatic N) is 3. The highest BCUT2D eigenvalue weighted by molar-refractivity contribution is 6.22. The molecule has 2 aliphatic heterocycles. The van der Waals surface area contributed by atoms with Gasteiger partial charge in [-0.15, -0.1) is 0 Å². The summed E-state index contributed by atoms with van der Waals surface area (Å²) in [7, 11) is 0. The van der Waals surface area contributed by atoms with Crippen LogP contribution < -0.4 is 5.32 Å². The first kappa shape index (κ1) is 23.4. The summed E-state index contributed by atoms with van der Waals surface area (Å²) < 4.78 is 0. The van der Waals surface area contributed by atoms with Crippen molar-refractivity contribution in [1.29, 1.82) is 0 Å². The fourth-order valence-corrected chi connectivity index (χ4v) is 4.69. The largest absolute Gasteiger partial charge is 0.349 e. The van der Waals surface area contributed by atoms with Gasteiger partial charge in [-0.25, -0.2) is 0 Å². The second-order valence-electron chi connectivity index (χ2n) is 9.03. The van der Waals surface area contributed by atoms with Gasteiger partial charge in [-0.3, -0.25) is 29.1 Å². The number of piperidine rings is 1. The van der Waals surface area contributed by atoms with E-state index in [-0.39, 0.29) is 41.8 Å². The highest BCUT2D eigenvalue weighted by atomic mass is 16.2. The van der Waals surface area contributed by atoms with E-state index in [9.17, 15) is 19.2 Å². The molecule has 0 radical (unpaired) electrons. The molecule has 2 aromatic carbocycles. The number of carbonyl (C=O) groups excluding carboxylic acids is 4. The fourth-order valence-electron chi connectivity index (χ4n) is 4.69. The Morgan fingerprint density at radius 3 is 2.28 bits per heavy atom. The zero-order valence-electron chi connectivity index (χ0n) is 19.7. The molecule has 0 saturated carbocycles. The first-order valence-corrected chi connectivity index (χ1v) is 12.1. The summed E-state index contributed by atoms with van der Waals surface area (Å²) in [5, 5.41) is 3.01. The van der Waals surface area contributed by atoms with Crippen LogP contribution in [0.1, 0.15) is 59.8 Å². The molecule has 1 saturated heterocycles. The third kappa shape index (κ3) is 4.75. The molecule has 8 nitrogen and oxygen atoms in total. The highest BCUT2D eigenvalue weighted by Crippen LogP contribution is 2.25. The van der Waals surface area contributed by atoms with E-state index < -0.39 is 0 Å². The van der Waals surface area contributed by atoms with Crippen molar-refractivity contribution < 1.29 is 19.2 Å². The van der Waals surface area contributed by atoms with Crippen LogP contribution >= 0.6 is 0 Å². The SMILES string of the molecule is O=C(NC1CCN(C(=O)c2ccncc2)CC1)c1ccc2c(c1)C(=O)N(CCc1ccccc1)C2=O. The van der Waals surface area contributed by atoms with Crippen molar-refractivity contribution in [3.05, 3.63) is 101 Å². The van der Waals surface area contributed by atoms with Crippen molar-refractivity contribution >= 4 is 23.6 Å². The van der Waals surface area contributed by atoms with Gasteiger partial charge in [-0.05, 0) is 55.2 Å². The smallest absolute Gasteiger partial charge is 0.261 e. The molecule has 0 atom stereocenters. The second-order valence-corrected chi connectivity index (χ2v) is 9.03. The second kappa shape index (κ2) is 10.1. The fraction of sp³-hybridized carbons (Fsp3) is 0.250. The summed E-state index contributed by atoms with van der Waals surface area (Å²) in [5.74, 6) is -1.03. The summed E-state index contributed by atoms with van der Waals surface area (Å²) in [6.07, 6.45) is 5.04. The van der Waals surface area contributed by atoms with Crippen molar-refractivity contribution in [2.45, 2.75) is 25.3 Å². The molecule has 3 heterocycles. The van der Waals surface area contributed by atoms with Gasteiger partial charge in [0.05, 0.1) is 11.1 Å². The van der Waals surface area contributed by atoms with Crippen LogP contribution in [-0.4, -0.2) is 64.1 Å². The van der Waals surface area contributed by atoms with Crippen molar-refractivity contribution in [2.24, 2.45) is 0 Å². The van der Waals surface area contributed by atoms with Gasteiger partial charge >= 0.3 is 0 Å². The zero-order valence-corrected chi connectivity index (χ0v) is 19.7. The Morgan fingerprint density at radius 1 is 0.861 bits per heavy atom. The lowest BCUT2D eigenvalue weighted by Crippen LogP contribution is -2.46. The Hall–Kier alpha value is -4.33. The maximum atomic E-state index is 12.9. The summed E-state index contributed by atoms with van der Waals surface area (Å²) >= 11 is 0. The number of amides is 4. The number of aromatic nitrogens is 1. The van der Waals surface area contributed by atoms with Gasteiger partial charge in [-0.1, -0.05) is 30.3 Å². The minimum absolute atomic E-state index is 0.0409. The van der Waals surface area contributed by atoms with Gasteiger partial charge in [-0.2, -0.15) is 0 Å². The molecule has 5 rings (SSSR count). The third-order valence-electron chi connectivity index (χ3n) is 6.74. The number of pyridine rings is 1.